The van der Waals surface area contributed by atoms with Gasteiger partial charge in [-0.2, -0.15) is 0 Å². The number of likely N-dealkylation sites (tertiary alicyclic amines) is 1. The molecule has 2 rings (SSSR count). The lowest BCUT2D eigenvalue weighted by atomic mass is 9.96. The molecule has 1 aliphatic rings. The summed E-state index contributed by atoms with van der Waals surface area (Å²) in [5.41, 5.74) is 1.36. The van der Waals surface area contributed by atoms with E-state index in [2.05, 4.69) is 55.4 Å². The number of ether oxygens (including phenoxy) is 1. The summed E-state index contributed by atoms with van der Waals surface area (Å²) in [6, 6.07) is 8.85. The van der Waals surface area contributed by atoms with E-state index < -0.39 is 0 Å². The van der Waals surface area contributed by atoms with Crippen molar-refractivity contribution in [3.8, 4) is 5.75 Å². The number of piperidine rings is 1. The van der Waals surface area contributed by atoms with Crippen molar-refractivity contribution in [2.24, 2.45) is 16.8 Å². The monoisotopic (exact) mass is 374 g/mol. The molecule has 5 heteroatoms. The Morgan fingerprint density at radius 3 is 2.41 bits per heavy atom. The van der Waals surface area contributed by atoms with Gasteiger partial charge in [0, 0.05) is 25.7 Å². The zero-order valence-corrected chi connectivity index (χ0v) is 17.8. The van der Waals surface area contributed by atoms with Crippen molar-refractivity contribution in [1.82, 2.24) is 15.5 Å². The normalized spacial score (nSPS) is 17.8. The van der Waals surface area contributed by atoms with Crippen molar-refractivity contribution in [2.75, 3.05) is 33.3 Å². The molecular weight excluding hydrogens is 336 g/mol. The van der Waals surface area contributed by atoms with E-state index in [1.165, 1.54) is 18.4 Å². The Morgan fingerprint density at radius 2 is 1.85 bits per heavy atom. The highest BCUT2D eigenvalue weighted by atomic mass is 16.5. The van der Waals surface area contributed by atoms with Crippen molar-refractivity contribution in [1.29, 1.82) is 0 Å². The first-order chi connectivity index (χ1) is 13.0. The van der Waals surface area contributed by atoms with Crippen LogP contribution >= 0.6 is 0 Å². The molecule has 0 spiro atoms. The first-order valence-electron chi connectivity index (χ1n) is 10.4. The number of hydrogen-bond acceptors (Lipinski definition) is 3. The van der Waals surface area contributed by atoms with Crippen LogP contribution in [0.1, 0.15) is 46.1 Å². The molecule has 0 saturated carbocycles. The second-order valence-electron chi connectivity index (χ2n) is 7.96. The molecule has 1 atom stereocenters. The average Bonchev–Trinajstić information content (AvgIpc) is 2.68. The molecular formula is C22H38N4O. The van der Waals surface area contributed by atoms with Gasteiger partial charge >= 0.3 is 0 Å². The zero-order chi connectivity index (χ0) is 19.6. The highest BCUT2D eigenvalue weighted by molar-refractivity contribution is 5.80. The number of methoxy groups -OCH3 is 1. The van der Waals surface area contributed by atoms with E-state index in [4.69, 9.17) is 9.73 Å². The maximum atomic E-state index is 5.24. The van der Waals surface area contributed by atoms with Gasteiger partial charge in [0.15, 0.2) is 5.96 Å². The molecule has 0 aromatic heterocycles. The van der Waals surface area contributed by atoms with Crippen molar-refractivity contribution < 1.29 is 4.74 Å². The van der Waals surface area contributed by atoms with Gasteiger partial charge in [-0.1, -0.05) is 26.0 Å². The van der Waals surface area contributed by atoms with E-state index in [0.29, 0.717) is 17.9 Å². The fourth-order valence-corrected chi connectivity index (χ4v) is 3.24. The lowest BCUT2D eigenvalue weighted by Gasteiger charge is -2.31. The van der Waals surface area contributed by atoms with Crippen LogP contribution in [0.3, 0.4) is 0 Å². The van der Waals surface area contributed by atoms with Crippen LogP contribution in [0.15, 0.2) is 29.3 Å². The van der Waals surface area contributed by atoms with Gasteiger partial charge in [-0.15, -0.1) is 0 Å². The highest BCUT2D eigenvalue weighted by Crippen LogP contribution is 2.20. The van der Waals surface area contributed by atoms with E-state index >= 15 is 0 Å². The number of nitrogens with zero attached hydrogens (tertiary/aromatic N) is 2. The van der Waals surface area contributed by atoms with Crippen molar-refractivity contribution in [3.05, 3.63) is 29.8 Å². The molecule has 1 aromatic carbocycles. The Morgan fingerprint density at radius 1 is 1.19 bits per heavy atom. The Hall–Kier alpha value is -1.75. The largest absolute Gasteiger partial charge is 0.497 e. The van der Waals surface area contributed by atoms with E-state index in [9.17, 15) is 0 Å². The Bertz CT molecular complexity index is 562. The minimum atomic E-state index is 0.425. The average molecular weight is 375 g/mol. The zero-order valence-electron chi connectivity index (χ0n) is 17.8. The number of benzene rings is 1. The van der Waals surface area contributed by atoms with Gasteiger partial charge in [0.05, 0.1) is 7.11 Å². The SMILES string of the molecule is CCNC(=NCC1CCN(Cc2ccc(OC)cc2)CC1)NC(C)C(C)C. The molecule has 1 heterocycles. The molecule has 1 unspecified atom stereocenters. The Labute approximate surface area is 165 Å². The maximum Gasteiger partial charge on any atom is 0.191 e. The molecule has 0 aliphatic carbocycles. The van der Waals surface area contributed by atoms with Crippen molar-refractivity contribution >= 4 is 5.96 Å². The topological polar surface area (TPSA) is 48.9 Å². The maximum absolute atomic E-state index is 5.24. The number of nitrogens with one attached hydrogen (secondary N) is 2. The van der Waals surface area contributed by atoms with E-state index in [1.807, 2.05) is 12.1 Å². The highest BCUT2D eigenvalue weighted by Gasteiger charge is 2.19. The molecule has 1 aliphatic heterocycles. The fourth-order valence-electron chi connectivity index (χ4n) is 3.24. The first kappa shape index (κ1) is 21.5. The summed E-state index contributed by atoms with van der Waals surface area (Å²) in [5, 5.41) is 6.90. The van der Waals surface area contributed by atoms with Crippen LogP contribution in [0.4, 0.5) is 0 Å². The molecule has 0 bridgehead atoms. The summed E-state index contributed by atoms with van der Waals surface area (Å²) in [4.78, 5) is 7.40. The second kappa shape index (κ2) is 11.2. The standard InChI is InChI=1S/C22H38N4O/c1-6-23-22(25-18(4)17(2)3)24-15-19-11-13-26(14-12-19)16-20-7-9-21(27-5)10-8-20/h7-10,17-19H,6,11-16H2,1-5H3,(H2,23,24,25). The van der Waals surface area contributed by atoms with E-state index in [-0.39, 0.29) is 0 Å². The smallest absolute Gasteiger partial charge is 0.191 e. The first-order valence-corrected chi connectivity index (χ1v) is 10.4. The number of guanidine groups is 1. The molecule has 5 nitrogen and oxygen atoms in total. The van der Waals surface area contributed by atoms with Gasteiger partial charge in [0.1, 0.15) is 5.75 Å². The number of hydrogen-bond donors (Lipinski definition) is 2. The van der Waals surface area contributed by atoms with Crippen LogP contribution in [0, 0.1) is 11.8 Å². The van der Waals surface area contributed by atoms with Gasteiger partial charge < -0.3 is 15.4 Å². The third-order valence-electron chi connectivity index (χ3n) is 5.49. The summed E-state index contributed by atoms with van der Waals surface area (Å²) in [5.74, 6) is 3.16. The van der Waals surface area contributed by atoms with Crippen LogP contribution in [0.5, 0.6) is 5.75 Å². The minimum Gasteiger partial charge on any atom is -0.497 e. The van der Waals surface area contributed by atoms with Gasteiger partial charge in [-0.05, 0) is 69.3 Å². The lowest BCUT2D eigenvalue weighted by molar-refractivity contribution is 0.180. The molecule has 0 radical (unpaired) electrons. The van der Waals surface area contributed by atoms with Crippen molar-refractivity contribution in [2.45, 2.75) is 53.1 Å². The molecule has 2 N–H and O–H groups in total. The Kier molecular flexibility index (Phi) is 8.92. The van der Waals surface area contributed by atoms with E-state index in [0.717, 1.165) is 44.4 Å². The molecule has 27 heavy (non-hydrogen) atoms. The quantitative estimate of drug-likeness (QED) is 0.540. The molecule has 1 saturated heterocycles. The molecule has 152 valence electrons. The predicted octanol–water partition coefficient (Wildman–Crippen LogP) is 3.51. The fraction of sp³-hybridized carbons (Fsp3) is 0.682. The minimum absolute atomic E-state index is 0.425. The molecule has 1 aromatic rings. The summed E-state index contributed by atoms with van der Waals surface area (Å²) in [6.07, 6.45) is 2.44. The third kappa shape index (κ3) is 7.41. The number of rotatable bonds is 8. The molecule has 1 fully saturated rings. The van der Waals surface area contributed by atoms with Crippen LogP contribution < -0.4 is 15.4 Å². The van der Waals surface area contributed by atoms with Gasteiger partial charge in [-0.25, -0.2) is 0 Å². The predicted molar refractivity (Wildman–Crippen MR) is 114 cm³/mol. The van der Waals surface area contributed by atoms with Crippen LogP contribution in [0.25, 0.3) is 0 Å². The van der Waals surface area contributed by atoms with Crippen LogP contribution in [-0.2, 0) is 6.54 Å². The number of aliphatic imine (C=N–C) groups is 1. The van der Waals surface area contributed by atoms with Gasteiger partial charge in [0.25, 0.3) is 0 Å². The summed E-state index contributed by atoms with van der Waals surface area (Å²) >= 11 is 0. The van der Waals surface area contributed by atoms with E-state index in [1.54, 1.807) is 7.11 Å². The summed E-state index contributed by atoms with van der Waals surface area (Å²) in [6.45, 7) is 13.9. The Balaban J connectivity index is 1.78. The van der Waals surface area contributed by atoms with Crippen LogP contribution in [0.2, 0.25) is 0 Å². The summed E-state index contributed by atoms with van der Waals surface area (Å²) < 4.78 is 5.24. The molecule has 0 amide bonds. The second-order valence-corrected chi connectivity index (χ2v) is 7.96. The van der Waals surface area contributed by atoms with Gasteiger partial charge in [-0.3, -0.25) is 9.89 Å². The van der Waals surface area contributed by atoms with Crippen molar-refractivity contribution in [3.63, 3.8) is 0 Å². The summed E-state index contributed by atoms with van der Waals surface area (Å²) in [7, 11) is 1.71. The lowest BCUT2D eigenvalue weighted by Crippen LogP contribution is -2.44. The third-order valence-corrected chi connectivity index (χ3v) is 5.49. The van der Waals surface area contributed by atoms with Gasteiger partial charge in [0.2, 0.25) is 0 Å². The van der Waals surface area contributed by atoms with Crippen LogP contribution in [-0.4, -0.2) is 50.2 Å².